The molecule has 0 aliphatic carbocycles. The monoisotopic (exact) mass is 430 g/mol. The number of thiazole rings is 1. The third-order valence-electron chi connectivity index (χ3n) is 3.09. The van der Waals surface area contributed by atoms with E-state index in [-0.39, 0.29) is 24.0 Å². The first-order valence-corrected chi connectivity index (χ1v) is 7.99. The SMILES string of the molecule is CCNC(=NCc1ccccc1)NCc1nc(C)c(C)s1.I. The molecule has 0 atom stereocenters. The van der Waals surface area contributed by atoms with Crippen molar-refractivity contribution in [2.45, 2.75) is 33.9 Å². The van der Waals surface area contributed by atoms with Gasteiger partial charge in [-0.25, -0.2) is 9.98 Å². The van der Waals surface area contributed by atoms with Crippen LogP contribution in [0.4, 0.5) is 0 Å². The van der Waals surface area contributed by atoms with Gasteiger partial charge in [-0.2, -0.15) is 0 Å². The Kier molecular flexibility index (Phi) is 8.40. The molecule has 0 unspecified atom stereocenters. The summed E-state index contributed by atoms with van der Waals surface area (Å²) in [5, 5.41) is 7.69. The number of nitrogens with one attached hydrogen (secondary N) is 2. The summed E-state index contributed by atoms with van der Waals surface area (Å²) in [5.41, 5.74) is 2.32. The molecular formula is C16H23IN4S. The van der Waals surface area contributed by atoms with Crippen molar-refractivity contribution in [3.8, 4) is 0 Å². The molecule has 2 rings (SSSR count). The van der Waals surface area contributed by atoms with Gasteiger partial charge < -0.3 is 10.6 Å². The van der Waals surface area contributed by atoms with Gasteiger partial charge in [0.2, 0.25) is 0 Å². The summed E-state index contributed by atoms with van der Waals surface area (Å²) in [5.74, 6) is 0.826. The van der Waals surface area contributed by atoms with Crippen LogP contribution in [-0.4, -0.2) is 17.5 Å². The maximum atomic E-state index is 4.60. The van der Waals surface area contributed by atoms with Crippen molar-refractivity contribution in [1.82, 2.24) is 15.6 Å². The number of rotatable bonds is 5. The first kappa shape index (κ1) is 18.9. The van der Waals surface area contributed by atoms with Crippen molar-refractivity contribution in [2.75, 3.05) is 6.54 Å². The number of guanidine groups is 1. The Balaban J connectivity index is 0.00000242. The van der Waals surface area contributed by atoms with Gasteiger partial charge in [-0.05, 0) is 26.3 Å². The standard InChI is InChI=1S/C16H22N4S.HI/c1-4-17-16(18-10-14-8-6-5-7-9-14)19-11-15-20-12(2)13(3)21-15;/h5-9H,4,10-11H2,1-3H3,(H2,17,18,19);1H. The summed E-state index contributed by atoms with van der Waals surface area (Å²) in [4.78, 5) is 10.4. The fourth-order valence-electron chi connectivity index (χ4n) is 1.87. The first-order chi connectivity index (χ1) is 10.2. The summed E-state index contributed by atoms with van der Waals surface area (Å²) in [6.07, 6.45) is 0. The Morgan fingerprint density at radius 1 is 1.18 bits per heavy atom. The number of nitrogens with zero attached hydrogens (tertiary/aromatic N) is 2. The lowest BCUT2D eigenvalue weighted by molar-refractivity contribution is 0.809. The topological polar surface area (TPSA) is 49.3 Å². The van der Waals surface area contributed by atoms with Gasteiger partial charge in [0.1, 0.15) is 5.01 Å². The number of hydrogen-bond acceptors (Lipinski definition) is 3. The number of aromatic nitrogens is 1. The van der Waals surface area contributed by atoms with E-state index in [1.807, 2.05) is 25.1 Å². The third-order valence-corrected chi connectivity index (χ3v) is 4.16. The molecule has 0 spiro atoms. The minimum absolute atomic E-state index is 0. The summed E-state index contributed by atoms with van der Waals surface area (Å²) in [7, 11) is 0. The summed E-state index contributed by atoms with van der Waals surface area (Å²) in [6.45, 7) is 8.44. The van der Waals surface area contributed by atoms with E-state index >= 15 is 0 Å². The number of benzene rings is 1. The second kappa shape index (κ2) is 9.78. The molecule has 1 heterocycles. The maximum absolute atomic E-state index is 4.60. The molecule has 1 aromatic heterocycles. The van der Waals surface area contributed by atoms with Gasteiger partial charge >= 0.3 is 0 Å². The van der Waals surface area contributed by atoms with E-state index in [1.165, 1.54) is 10.4 Å². The van der Waals surface area contributed by atoms with Gasteiger partial charge in [-0.15, -0.1) is 35.3 Å². The Labute approximate surface area is 153 Å². The Bertz CT molecular complexity index is 576. The summed E-state index contributed by atoms with van der Waals surface area (Å²) >= 11 is 1.73. The van der Waals surface area contributed by atoms with Gasteiger partial charge in [-0.3, -0.25) is 0 Å². The van der Waals surface area contributed by atoms with Crippen LogP contribution in [0.2, 0.25) is 0 Å². The highest BCUT2D eigenvalue weighted by molar-refractivity contribution is 14.0. The number of aryl methyl sites for hydroxylation is 2. The lowest BCUT2D eigenvalue weighted by Gasteiger charge is -2.10. The van der Waals surface area contributed by atoms with E-state index in [4.69, 9.17) is 0 Å². The molecule has 4 nitrogen and oxygen atoms in total. The highest BCUT2D eigenvalue weighted by Gasteiger charge is 2.04. The fraction of sp³-hybridized carbons (Fsp3) is 0.375. The van der Waals surface area contributed by atoms with Crippen molar-refractivity contribution in [3.63, 3.8) is 0 Å². The quantitative estimate of drug-likeness (QED) is 0.433. The zero-order valence-electron chi connectivity index (χ0n) is 13.2. The molecule has 0 radical (unpaired) electrons. The fourth-order valence-corrected chi connectivity index (χ4v) is 2.74. The zero-order valence-corrected chi connectivity index (χ0v) is 16.4. The normalized spacial score (nSPS) is 11.0. The van der Waals surface area contributed by atoms with Crippen LogP contribution in [0.1, 0.15) is 28.1 Å². The maximum Gasteiger partial charge on any atom is 0.191 e. The van der Waals surface area contributed by atoms with Crippen LogP contribution in [0.25, 0.3) is 0 Å². The van der Waals surface area contributed by atoms with Gasteiger partial charge in [0.05, 0.1) is 18.8 Å². The van der Waals surface area contributed by atoms with Crippen LogP contribution in [0.3, 0.4) is 0 Å². The molecule has 2 N–H and O–H groups in total. The molecule has 120 valence electrons. The number of aliphatic imine (C=N–C) groups is 1. The molecule has 2 aromatic rings. The minimum Gasteiger partial charge on any atom is -0.357 e. The molecule has 0 saturated carbocycles. The predicted molar refractivity (Wildman–Crippen MR) is 105 cm³/mol. The summed E-state index contributed by atoms with van der Waals surface area (Å²) < 4.78 is 0. The summed E-state index contributed by atoms with van der Waals surface area (Å²) in [6, 6.07) is 10.3. The predicted octanol–water partition coefficient (Wildman–Crippen LogP) is 3.63. The Morgan fingerprint density at radius 3 is 2.50 bits per heavy atom. The average molecular weight is 430 g/mol. The highest BCUT2D eigenvalue weighted by Crippen LogP contribution is 2.15. The molecule has 0 aliphatic rings. The van der Waals surface area contributed by atoms with Crippen LogP contribution < -0.4 is 10.6 Å². The van der Waals surface area contributed by atoms with Crippen molar-refractivity contribution < 1.29 is 0 Å². The molecule has 22 heavy (non-hydrogen) atoms. The van der Waals surface area contributed by atoms with E-state index < -0.39 is 0 Å². The molecule has 1 aromatic carbocycles. The second-order valence-electron chi connectivity index (χ2n) is 4.78. The zero-order chi connectivity index (χ0) is 15.1. The largest absolute Gasteiger partial charge is 0.357 e. The van der Waals surface area contributed by atoms with Gasteiger partial charge in [0.15, 0.2) is 5.96 Å². The molecule has 0 amide bonds. The van der Waals surface area contributed by atoms with Crippen molar-refractivity contribution >= 4 is 41.3 Å². The van der Waals surface area contributed by atoms with Crippen LogP contribution >= 0.6 is 35.3 Å². The number of hydrogen-bond donors (Lipinski definition) is 2. The lowest BCUT2D eigenvalue weighted by Crippen LogP contribution is -2.36. The molecular weight excluding hydrogens is 407 g/mol. The van der Waals surface area contributed by atoms with Crippen LogP contribution in [-0.2, 0) is 13.1 Å². The van der Waals surface area contributed by atoms with Crippen molar-refractivity contribution in [3.05, 3.63) is 51.5 Å². The van der Waals surface area contributed by atoms with E-state index in [1.54, 1.807) is 11.3 Å². The van der Waals surface area contributed by atoms with Crippen molar-refractivity contribution in [1.29, 1.82) is 0 Å². The Hall–Kier alpha value is -1.15. The molecule has 0 aliphatic heterocycles. The molecule has 0 bridgehead atoms. The first-order valence-electron chi connectivity index (χ1n) is 7.18. The van der Waals surface area contributed by atoms with Crippen LogP contribution in [0.5, 0.6) is 0 Å². The van der Waals surface area contributed by atoms with E-state index in [9.17, 15) is 0 Å². The van der Waals surface area contributed by atoms with Gasteiger partial charge in [0.25, 0.3) is 0 Å². The van der Waals surface area contributed by atoms with E-state index in [0.717, 1.165) is 23.2 Å². The lowest BCUT2D eigenvalue weighted by atomic mass is 10.2. The van der Waals surface area contributed by atoms with Crippen LogP contribution in [0.15, 0.2) is 35.3 Å². The molecule has 0 saturated heterocycles. The van der Waals surface area contributed by atoms with Gasteiger partial charge in [-0.1, -0.05) is 30.3 Å². The third kappa shape index (κ3) is 5.92. The van der Waals surface area contributed by atoms with Gasteiger partial charge in [0, 0.05) is 11.4 Å². The average Bonchev–Trinajstić information content (AvgIpc) is 2.82. The highest BCUT2D eigenvalue weighted by atomic mass is 127. The van der Waals surface area contributed by atoms with Crippen molar-refractivity contribution in [2.24, 2.45) is 4.99 Å². The number of halogens is 1. The smallest absolute Gasteiger partial charge is 0.191 e. The Morgan fingerprint density at radius 2 is 1.91 bits per heavy atom. The van der Waals surface area contributed by atoms with E-state index in [0.29, 0.717) is 13.1 Å². The second-order valence-corrected chi connectivity index (χ2v) is 6.07. The van der Waals surface area contributed by atoms with Crippen LogP contribution in [0, 0.1) is 13.8 Å². The molecule has 6 heteroatoms. The minimum atomic E-state index is 0. The van der Waals surface area contributed by atoms with E-state index in [2.05, 4.69) is 46.6 Å². The molecule has 0 fully saturated rings.